The van der Waals surface area contributed by atoms with Crippen molar-refractivity contribution in [3.8, 4) is 0 Å². The van der Waals surface area contributed by atoms with Gasteiger partial charge >= 0.3 is 12.1 Å². The normalized spacial score (nSPS) is 42.9. The van der Waals surface area contributed by atoms with Crippen molar-refractivity contribution in [3.63, 3.8) is 0 Å². The van der Waals surface area contributed by atoms with E-state index in [1.54, 1.807) is 41.7 Å². The van der Waals surface area contributed by atoms with Crippen molar-refractivity contribution in [1.29, 1.82) is 0 Å². The highest BCUT2D eigenvalue weighted by molar-refractivity contribution is 5.85. The second-order valence-corrected chi connectivity index (χ2v) is 19.5. The van der Waals surface area contributed by atoms with Gasteiger partial charge in [-0.15, -0.1) is 0 Å². The molecule has 3 N–H and O–H groups in total. The molecule has 4 heterocycles. The van der Waals surface area contributed by atoms with Crippen molar-refractivity contribution in [1.82, 2.24) is 15.3 Å². The van der Waals surface area contributed by atoms with Crippen molar-refractivity contribution in [2.75, 3.05) is 34.9 Å². The molecule has 0 spiro atoms. The van der Waals surface area contributed by atoms with E-state index in [1.807, 2.05) is 96.1 Å². The summed E-state index contributed by atoms with van der Waals surface area (Å²) in [7, 11) is 6.85. The van der Waals surface area contributed by atoms with Gasteiger partial charge in [-0.2, -0.15) is 0 Å². The van der Waals surface area contributed by atoms with Gasteiger partial charge < -0.3 is 53.0 Å². The van der Waals surface area contributed by atoms with E-state index in [0.29, 0.717) is 6.42 Å². The molecule has 4 aliphatic heterocycles. The van der Waals surface area contributed by atoms with E-state index in [2.05, 4.69) is 5.43 Å². The van der Waals surface area contributed by atoms with E-state index in [4.69, 9.17) is 37.9 Å². The molecule has 362 valence electrons. The Morgan fingerprint density at radius 1 is 0.906 bits per heavy atom. The number of aliphatic hydroxyl groups excluding tert-OH is 2. The van der Waals surface area contributed by atoms with Crippen molar-refractivity contribution in [2.45, 2.75) is 179 Å². The molecule has 0 saturated carbocycles. The van der Waals surface area contributed by atoms with E-state index in [9.17, 15) is 24.6 Å². The van der Waals surface area contributed by atoms with E-state index >= 15 is 0 Å². The van der Waals surface area contributed by atoms with Gasteiger partial charge in [0.15, 0.2) is 18.2 Å². The largest absolute Gasteiger partial charge is 0.458 e. The van der Waals surface area contributed by atoms with Crippen LogP contribution in [0.5, 0.6) is 0 Å². The van der Waals surface area contributed by atoms with Crippen LogP contribution >= 0.6 is 0 Å². The Balaban J connectivity index is 1.61. The molecule has 1 aromatic carbocycles. The number of ketones is 1. The van der Waals surface area contributed by atoms with Crippen LogP contribution in [0.15, 0.2) is 36.4 Å². The van der Waals surface area contributed by atoms with Crippen molar-refractivity contribution >= 4 is 23.9 Å². The molecule has 0 bridgehead atoms. The van der Waals surface area contributed by atoms with Gasteiger partial charge in [0.2, 0.25) is 0 Å². The molecule has 0 aromatic heterocycles. The molecule has 0 radical (unpaired) electrons. The predicted octanol–water partition coefficient (Wildman–Crippen LogP) is 5.13. The first-order valence-electron chi connectivity index (χ1n) is 23.0. The SMILES string of the molecule is CC[C@H]1OC(=O)[C@H](C)C(OC2CC(C)(OC)C(O)C(C)O2)[C@H](C)[C@@H](OC2OC(C)CC(N(C)C)C2O)[C@](C)(OC)C[C@@H](C)C(=O)[C@H](C)[C@H]2N(NC/C=C/c3ccccc3)C(=O)O[C@]12C. The van der Waals surface area contributed by atoms with Gasteiger partial charge in [-0.05, 0) is 80.5 Å². The van der Waals surface area contributed by atoms with E-state index in [0.717, 1.165) is 5.56 Å². The lowest BCUT2D eigenvalue weighted by Gasteiger charge is -2.50. The first-order valence-corrected chi connectivity index (χ1v) is 23.0. The number of fused-ring (bicyclic) bond motifs is 1. The summed E-state index contributed by atoms with van der Waals surface area (Å²) in [4.78, 5) is 45.7. The molecule has 9 unspecified atom stereocenters. The number of aliphatic hydroxyl groups is 2. The summed E-state index contributed by atoms with van der Waals surface area (Å²) in [6.45, 7) is 18.3. The van der Waals surface area contributed by atoms with Crippen LogP contribution in [-0.2, 0) is 47.5 Å². The maximum Gasteiger partial charge on any atom is 0.425 e. The number of amides is 1. The molecule has 4 aliphatic rings. The molecule has 4 fully saturated rings. The van der Waals surface area contributed by atoms with Crippen molar-refractivity contribution < 1.29 is 62.5 Å². The number of Topliss-reactive ketones (excluding diaryl/α,β-unsaturated/α-hetero) is 1. The molecule has 64 heavy (non-hydrogen) atoms. The van der Waals surface area contributed by atoms with Crippen LogP contribution in [0.2, 0.25) is 0 Å². The summed E-state index contributed by atoms with van der Waals surface area (Å²) >= 11 is 0. The summed E-state index contributed by atoms with van der Waals surface area (Å²) in [5.41, 5.74) is 0.395. The van der Waals surface area contributed by atoms with Crippen LogP contribution in [0.25, 0.3) is 6.08 Å². The minimum atomic E-state index is -1.47. The predicted molar refractivity (Wildman–Crippen MR) is 238 cm³/mol. The zero-order chi connectivity index (χ0) is 47.5. The number of ether oxygens (including phenoxy) is 8. The average molecular weight is 904 g/mol. The minimum absolute atomic E-state index is 0.125. The lowest BCUT2D eigenvalue weighted by atomic mass is 9.73. The summed E-state index contributed by atoms with van der Waals surface area (Å²) in [5, 5.41) is 24.2. The van der Waals surface area contributed by atoms with Crippen LogP contribution in [-0.4, -0.2) is 157 Å². The molecular weight excluding hydrogens is 827 g/mol. The summed E-state index contributed by atoms with van der Waals surface area (Å²) < 4.78 is 51.4. The molecule has 16 nitrogen and oxygen atoms in total. The third-order valence-corrected chi connectivity index (χ3v) is 14.5. The Morgan fingerprint density at radius 3 is 2.17 bits per heavy atom. The molecule has 5 rings (SSSR count). The molecule has 18 atom stereocenters. The van der Waals surface area contributed by atoms with Gasteiger partial charge in [-0.1, -0.05) is 70.2 Å². The number of benzene rings is 1. The molecule has 16 heteroatoms. The number of carbonyl (C=O) groups is 3. The summed E-state index contributed by atoms with van der Waals surface area (Å²) in [6, 6.07) is 8.53. The highest BCUT2D eigenvalue weighted by Crippen LogP contribution is 2.44. The van der Waals surface area contributed by atoms with Gasteiger partial charge in [0.05, 0.1) is 41.5 Å². The molecule has 4 saturated heterocycles. The Morgan fingerprint density at radius 2 is 1.56 bits per heavy atom. The number of cyclic esters (lactones) is 1. The van der Waals surface area contributed by atoms with Gasteiger partial charge in [-0.3, -0.25) is 9.59 Å². The first-order chi connectivity index (χ1) is 30.0. The Labute approximate surface area is 380 Å². The quantitative estimate of drug-likeness (QED) is 0.235. The number of carbonyl (C=O) groups excluding carboxylic acids is 3. The standard InChI is InChI=1S/C48H77N3O13/c1-15-35-48(10)40(51(45(56)64-48)49-23-19-22-33-20-17-16-18-21-33)29(4)37(52)27(2)25-47(9,58-14)42(63-44-38(53)34(50(11)12)24-28(3)59-44)30(5)39(31(6)43(55)61-35)62-36-26-46(8,57-13)41(54)32(7)60-36/h16-22,27-32,34-36,38-42,44,49,53-54H,15,23-26H2,1-14H3/b22-19+/t27-,28?,29+,30+,31-,32?,34?,35-,36?,38?,39?,40-,41?,42-,44?,46?,47-,48-/m1/s1. The van der Waals surface area contributed by atoms with Crippen LogP contribution in [0.1, 0.15) is 100 Å². The third kappa shape index (κ3) is 10.9. The second-order valence-electron chi connectivity index (χ2n) is 19.5. The number of nitrogens with one attached hydrogen (secondary N) is 1. The maximum absolute atomic E-state index is 15.0. The van der Waals surface area contributed by atoms with E-state index < -0.39 is 108 Å². The zero-order valence-electron chi connectivity index (χ0n) is 40.5. The van der Waals surface area contributed by atoms with Crippen LogP contribution in [0.4, 0.5) is 4.79 Å². The number of nitrogens with zero attached hydrogens (tertiary/aromatic N) is 2. The number of hydrogen-bond donors (Lipinski definition) is 3. The van der Waals surface area contributed by atoms with Gasteiger partial charge in [0, 0.05) is 51.0 Å². The number of esters is 1. The van der Waals surface area contributed by atoms with Gasteiger partial charge in [0.25, 0.3) is 0 Å². The Kier molecular flexibility index (Phi) is 17.3. The summed E-state index contributed by atoms with van der Waals surface area (Å²) in [5.74, 6) is -4.03. The second kappa shape index (κ2) is 21.3. The maximum atomic E-state index is 15.0. The first kappa shape index (κ1) is 51.9. The van der Waals surface area contributed by atoms with E-state index in [-0.39, 0.29) is 43.7 Å². The molecular formula is C48H77N3O13. The number of hydrogen-bond acceptors (Lipinski definition) is 15. The van der Waals surface area contributed by atoms with E-state index in [1.165, 1.54) is 12.1 Å². The van der Waals surface area contributed by atoms with Crippen LogP contribution < -0.4 is 5.43 Å². The molecule has 1 amide bonds. The Hall–Kier alpha value is -3.03. The minimum Gasteiger partial charge on any atom is -0.458 e. The zero-order valence-corrected chi connectivity index (χ0v) is 40.5. The molecule has 0 aliphatic carbocycles. The topological polar surface area (TPSA) is 184 Å². The van der Waals surface area contributed by atoms with Crippen molar-refractivity contribution in [2.24, 2.45) is 23.7 Å². The lowest BCUT2D eigenvalue weighted by molar-refractivity contribution is -0.319. The molecule has 1 aromatic rings. The average Bonchev–Trinajstić information content (AvgIpc) is 3.52. The van der Waals surface area contributed by atoms with Gasteiger partial charge in [-0.25, -0.2) is 15.2 Å². The number of hydrazine groups is 1. The third-order valence-electron chi connectivity index (χ3n) is 14.5. The fourth-order valence-electron chi connectivity index (χ4n) is 10.6. The van der Waals surface area contributed by atoms with Gasteiger partial charge in [0.1, 0.15) is 30.1 Å². The summed E-state index contributed by atoms with van der Waals surface area (Å²) in [6.07, 6.45) is -3.87. The highest BCUT2D eigenvalue weighted by atomic mass is 16.7. The Bertz CT molecular complexity index is 1750. The number of methoxy groups -OCH3 is 2. The number of rotatable bonds is 12. The van der Waals surface area contributed by atoms with Crippen molar-refractivity contribution in [3.05, 3.63) is 42.0 Å². The fraction of sp³-hybridized carbons (Fsp3) is 0.771. The smallest absolute Gasteiger partial charge is 0.425 e. The fourth-order valence-corrected chi connectivity index (χ4v) is 10.6. The lowest BCUT2D eigenvalue weighted by Crippen LogP contribution is -2.62. The number of likely N-dealkylation sites (N-methyl/N-ethyl adjacent to an activating group) is 1. The highest BCUT2D eigenvalue weighted by Gasteiger charge is 2.61. The monoisotopic (exact) mass is 904 g/mol. The van der Waals surface area contributed by atoms with Crippen LogP contribution in [0.3, 0.4) is 0 Å². The van der Waals surface area contributed by atoms with Crippen LogP contribution in [0, 0.1) is 23.7 Å².